The topological polar surface area (TPSA) is 37.3 Å². The highest BCUT2D eigenvalue weighted by Crippen LogP contribution is 2.28. The Hall–Kier alpha value is -3.18. The molecule has 0 atom stereocenters. The molecule has 0 amide bonds. The van der Waals surface area contributed by atoms with Crippen LogP contribution in [-0.4, -0.2) is 44.5 Å². The fraction of sp³-hybridized carbons (Fsp3) is 0.240. The Kier molecular flexibility index (Phi) is 6.95. The van der Waals surface area contributed by atoms with Gasteiger partial charge in [-0.2, -0.15) is 5.10 Å². The standard InChI is InChI=1S/C25H26ClN3O2/c1-30-25-17-21(7-12-24(25)31-19-20-5-3-2-4-6-20)18-27-29-15-13-28(14-16-29)23-10-8-22(26)9-11-23/h2-12,17-18H,13-16,19H2,1H3. The van der Waals surface area contributed by atoms with Gasteiger partial charge in [-0.15, -0.1) is 0 Å². The van der Waals surface area contributed by atoms with E-state index in [4.69, 9.17) is 21.1 Å². The smallest absolute Gasteiger partial charge is 0.161 e. The van der Waals surface area contributed by atoms with E-state index in [1.807, 2.05) is 66.9 Å². The minimum Gasteiger partial charge on any atom is -0.493 e. The number of methoxy groups -OCH3 is 1. The van der Waals surface area contributed by atoms with Gasteiger partial charge in [0, 0.05) is 23.8 Å². The monoisotopic (exact) mass is 435 g/mol. The van der Waals surface area contributed by atoms with E-state index in [9.17, 15) is 0 Å². The molecule has 31 heavy (non-hydrogen) atoms. The third kappa shape index (κ3) is 5.70. The number of hydrogen-bond donors (Lipinski definition) is 0. The summed E-state index contributed by atoms with van der Waals surface area (Å²) in [5.41, 5.74) is 3.29. The SMILES string of the molecule is COc1cc(C=NN2CCN(c3ccc(Cl)cc3)CC2)ccc1OCc1ccccc1. The molecule has 0 bridgehead atoms. The second-order valence-corrected chi connectivity index (χ2v) is 7.78. The number of benzene rings is 3. The van der Waals surface area contributed by atoms with Crippen molar-refractivity contribution in [2.75, 3.05) is 38.2 Å². The Morgan fingerprint density at radius 3 is 2.35 bits per heavy atom. The first-order valence-electron chi connectivity index (χ1n) is 10.4. The lowest BCUT2D eigenvalue weighted by molar-refractivity contribution is 0.272. The van der Waals surface area contributed by atoms with Crippen molar-refractivity contribution in [1.82, 2.24) is 5.01 Å². The number of piperazine rings is 1. The molecule has 0 aromatic heterocycles. The summed E-state index contributed by atoms with van der Waals surface area (Å²) in [7, 11) is 1.65. The van der Waals surface area contributed by atoms with Gasteiger partial charge in [0.05, 0.1) is 26.4 Å². The second-order valence-electron chi connectivity index (χ2n) is 7.35. The highest BCUT2D eigenvalue weighted by molar-refractivity contribution is 6.30. The lowest BCUT2D eigenvalue weighted by Gasteiger charge is -2.34. The number of anilines is 1. The van der Waals surface area contributed by atoms with E-state index in [0.29, 0.717) is 12.4 Å². The maximum Gasteiger partial charge on any atom is 0.161 e. The second kappa shape index (κ2) is 10.2. The van der Waals surface area contributed by atoms with Crippen molar-refractivity contribution in [1.29, 1.82) is 0 Å². The maximum absolute atomic E-state index is 5.99. The number of rotatable bonds is 7. The molecule has 1 aliphatic heterocycles. The van der Waals surface area contributed by atoms with Gasteiger partial charge in [-0.3, -0.25) is 5.01 Å². The van der Waals surface area contributed by atoms with Crippen LogP contribution in [0.2, 0.25) is 5.02 Å². The van der Waals surface area contributed by atoms with Crippen molar-refractivity contribution in [3.05, 3.63) is 88.9 Å². The molecule has 6 heteroatoms. The number of hydrogen-bond acceptors (Lipinski definition) is 5. The Morgan fingerprint density at radius 2 is 1.65 bits per heavy atom. The highest BCUT2D eigenvalue weighted by Gasteiger charge is 2.15. The first kappa shape index (κ1) is 21.1. The molecule has 0 unspecified atom stereocenters. The third-order valence-electron chi connectivity index (χ3n) is 5.24. The van der Waals surface area contributed by atoms with Crippen LogP contribution in [0.25, 0.3) is 0 Å². The summed E-state index contributed by atoms with van der Waals surface area (Å²) in [6.45, 7) is 4.09. The zero-order chi connectivity index (χ0) is 21.5. The van der Waals surface area contributed by atoms with E-state index < -0.39 is 0 Å². The molecule has 0 aliphatic carbocycles. The van der Waals surface area contributed by atoms with E-state index >= 15 is 0 Å². The summed E-state index contributed by atoms with van der Waals surface area (Å²) in [6.07, 6.45) is 1.88. The summed E-state index contributed by atoms with van der Waals surface area (Å²) in [6, 6.07) is 24.0. The number of ether oxygens (including phenoxy) is 2. The van der Waals surface area contributed by atoms with Crippen molar-refractivity contribution in [3.8, 4) is 11.5 Å². The van der Waals surface area contributed by atoms with Gasteiger partial charge in [-0.05, 0) is 53.6 Å². The Balaban J connectivity index is 1.33. The van der Waals surface area contributed by atoms with E-state index in [2.05, 4.69) is 27.1 Å². The number of halogens is 1. The predicted molar refractivity (Wildman–Crippen MR) is 127 cm³/mol. The molecule has 0 radical (unpaired) electrons. The van der Waals surface area contributed by atoms with Crippen molar-refractivity contribution >= 4 is 23.5 Å². The molecule has 160 valence electrons. The van der Waals surface area contributed by atoms with Crippen LogP contribution >= 0.6 is 11.6 Å². The van der Waals surface area contributed by atoms with Crippen LogP contribution in [0.15, 0.2) is 77.9 Å². The van der Waals surface area contributed by atoms with Gasteiger partial charge in [0.2, 0.25) is 0 Å². The van der Waals surface area contributed by atoms with Gasteiger partial charge < -0.3 is 14.4 Å². The Bertz CT molecular complexity index is 1000. The minimum absolute atomic E-state index is 0.503. The van der Waals surface area contributed by atoms with Crippen LogP contribution in [0, 0.1) is 0 Å². The van der Waals surface area contributed by atoms with E-state index in [-0.39, 0.29) is 0 Å². The van der Waals surface area contributed by atoms with E-state index in [1.54, 1.807) is 7.11 Å². The molecule has 1 fully saturated rings. The largest absolute Gasteiger partial charge is 0.493 e. The summed E-state index contributed by atoms with van der Waals surface area (Å²) < 4.78 is 11.5. The zero-order valence-electron chi connectivity index (χ0n) is 17.6. The first-order chi connectivity index (χ1) is 15.2. The molecule has 3 aromatic rings. The van der Waals surface area contributed by atoms with Crippen LogP contribution in [-0.2, 0) is 6.61 Å². The van der Waals surface area contributed by atoms with Crippen LogP contribution in [0.5, 0.6) is 11.5 Å². The quantitative estimate of drug-likeness (QED) is 0.485. The maximum atomic E-state index is 5.99. The van der Waals surface area contributed by atoms with Crippen LogP contribution in [0.4, 0.5) is 5.69 Å². The van der Waals surface area contributed by atoms with Crippen LogP contribution in [0.1, 0.15) is 11.1 Å². The molecule has 5 nitrogen and oxygen atoms in total. The van der Waals surface area contributed by atoms with Gasteiger partial charge in [0.25, 0.3) is 0 Å². The predicted octanol–water partition coefficient (Wildman–Crippen LogP) is 5.08. The third-order valence-corrected chi connectivity index (χ3v) is 5.49. The van der Waals surface area contributed by atoms with Crippen molar-refractivity contribution < 1.29 is 9.47 Å². The average Bonchev–Trinajstić information content (AvgIpc) is 2.83. The summed E-state index contributed by atoms with van der Waals surface area (Å²) in [5, 5.41) is 7.52. The molecule has 3 aromatic carbocycles. The van der Waals surface area contributed by atoms with Crippen LogP contribution in [0.3, 0.4) is 0 Å². The first-order valence-corrected chi connectivity index (χ1v) is 10.7. The van der Waals surface area contributed by atoms with Gasteiger partial charge in [0.1, 0.15) is 6.61 Å². The molecule has 0 spiro atoms. The summed E-state index contributed by atoms with van der Waals surface area (Å²) >= 11 is 5.99. The molecule has 1 aliphatic rings. The molecule has 0 saturated carbocycles. The summed E-state index contributed by atoms with van der Waals surface area (Å²) in [5.74, 6) is 1.42. The summed E-state index contributed by atoms with van der Waals surface area (Å²) in [4.78, 5) is 2.35. The Labute approximate surface area is 188 Å². The van der Waals surface area contributed by atoms with Crippen LogP contribution < -0.4 is 14.4 Å². The van der Waals surface area contributed by atoms with Gasteiger partial charge >= 0.3 is 0 Å². The number of hydrazone groups is 1. The highest BCUT2D eigenvalue weighted by atomic mass is 35.5. The van der Waals surface area contributed by atoms with E-state index in [0.717, 1.165) is 48.1 Å². The fourth-order valence-electron chi connectivity index (χ4n) is 3.49. The van der Waals surface area contributed by atoms with Crippen molar-refractivity contribution in [3.63, 3.8) is 0 Å². The molecule has 4 rings (SSSR count). The van der Waals surface area contributed by atoms with Gasteiger partial charge in [-0.1, -0.05) is 41.9 Å². The van der Waals surface area contributed by atoms with Gasteiger partial charge in [-0.25, -0.2) is 0 Å². The molecule has 1 saturated heterocycles. The molecule has 0 N–H and O–H groups in total. The minimum atomic E-state index is 0.503. The normalized spacial score (nSPS) is 14.1. The van der Waals surface area contributed by atoms with Crippen molar-refractivity contribution in [2.24, 2.45) is 5.10 Å². The zero-order valence-corrected chi connectivity index (χ0v) is 18.3. The van der Waals surface area contributed by atoms with Crippen molar-refractivity contribution in [2.45, 2.75) is 6.61 Å². The average molecular weight is 436 g/mol. The Morgan fingerprint density at radius 1 is 0.903 bits per heavy atom. The molecule has 1 heterocycles. The molecular weight excluding hydrogens is 410 g/mol. The van der Waals surface area contributed by atoms with Gasteiger partial charge in [0.15, 0.2) is 11.5 Å². The van der Waals surface area contributed by atoms with E-state index in [1.165, 1.54) is 5.69 Å². The number of nitrogens with zero attached hydrogens (tertiary/aromatic N) is 3. The molecular formula is C25H26ClN3O2. The lowest BCUT2D eigenvalue weighted by atomic mass is 10.2. The lowest BCUT2D eigenvalue weighted by Crippen LogP contribution is -2.44. The fourth-order valence-corrected chi connectivity index (χ4v) is 3.61.